The van der Waals surface area contributed by atoms with E-state index in [0.29, 0.717) is 12.5 Å². The highest BCUT2D eigenvalue weighted by molar-refractivity contribution is 5.78. The van der Waals surface area contributed by atoms with Crippen LogP contribution in [0.2, 0.25) is 0 Å². The predicted molar refractivity (Wildman–Crippen MR) is 107 cm³/mol. The van der Waals surface area contributed by atoms with Gasteiger partial charge < -0.3 is 10.6 Å². The molecule has 0 aromatic heterocycles. The van der Waals surface area contributed by atoms with Crippen molar-refractivity contribution in [3.8, 4) is 0 Å². The number of carbonyl (C=O) groups excluding carboxylic acids is 1. The van der Waals surface area contributed by atoms with E-state index in [1.165, 1.54) is 16.7 Å². The van der Waals surface area contributed by atoms with Crippen LogP contribution in [0.25, 0.3) is 0 Å². The van der Waals surface area contributed by atoms with Crippen LogP contribution in [-0.4, -0.2) is 12.5 Å². The van der Waals surface area contributed by atoms with Crippen molar-refractivity contribution in [3.05, 3.63) is 71.3 Å². The standard InChI is InChI=1S/C23H30N2O/c1-18-7-9-21(10-8-18)17-25-23(26)22-13-11-20(12-14-22)16-24-15-19-5-3-2-4-6-19/h2-10,20,22,24H,11-17H2,1H3,(H,25,26)/t20-,22-. The average Bonchev–Trinajstić information content (AvgIpc) is 2.69. The third-order valence-electron chi connectivity index (χ3n) is 5.41. The van der Waals surface area contributed by atoms with Gasteiger partial charge in [0.15, 0.2) is 0 Å². The Bertz CT molecular complexity index is 673. The maximum Gasteiger partial charge on any atom is 0.223 e. The van der Waals surface area contributed by atoms with Crippen molar-refractivity contribution in [3.63, 3.8) is 0 Å². The number of nitrogens with one attached hydrogen (secondary N) is 2. The van der Waals surface area contributed by atoms with E-state index in [0.717, 1.165) is 38.8 Å². The molecule has 0 spiro atoms. The zero-order chi connectivity index (χ0) is 18.2. The van der Waals surface area contributed by atoms with Crippen LogP contribution in [0.1, 0.15) is 42.4 Å². The summed E-state index contributed by atoms with van der Waals surface area (Å²) in [5.74, 6) is 1.10. The lowest BCUT2D eigenvalue weighted by molar-refractivity contribution is -0.126. The molecule has 0 radical (unpaired) electrons. The number of hydrogen-bond donors (Lipinski definition) is 2. The van der Waals surface area contributed by atoms with Gasteiger partial charge in [-0.3, -0.25) is 4.79 Å². The van der Waals surface area contributed by atoms with Gasteiger partial charge in [-0.1, -0.05) is 60.2 Å². The molecule has 0 saturated heterocycles. The zero-order valence-corrected chi connectivity index (χ0v) is 15.7. The molecule has 0 unspecified atom stereocenters. The zero-order valence-electron chi connectivity index (χ0n) is 15.7. The summed E-state index contributed by atoms with van der Waals surface area (Å²) in [6, 6.07) is 18.9. The van der Waals surface area contributed by atoms with E-state index in [4.69, 9.17) is 0 Å². The maximum atomic E-state index is 12.4. The van der Waals surface area contributed by atoms with E-state index < -0.39 is 0 Å². The largest absolute Gasteiger partial charge is 0.352 e. The molecule has 1 fully saturated rings. The molecular weight excluding hydrogens is 320 g/mol. The SMILES string of the molecule is Cc1ccc(CNC(=O)[C@H]2CC[C@H](CNCc3ccccc3)CC2)cc1. The topological polar surface area (TPSA) is 41.1 Å². The summed E-state index contributed by atoms with van der Waals surface area (Å²) in [7, 11) is 0. The molecule has 3 rings (SSSR count). The van der Waals surface area contributed by atoms with Crippen LogP contribution in [0.5, 0.6) is 0 Å². The molecule has 3 heteroatoms. The third kappa shape index (κ3) is 5.70. The van der Waals surface area contributed by atoms with E-state index in [1.54, 1.807) is 0 Å². The maximum absolute atomic E-state index is 12.4. The molecule has 3 nitrogen and oxygen atoms in total. The first-order valence-electron chi connectivity index (χ1n) is 9.78. The van der Waals surface area contributed by atoms with Crippen LogP contribution >= 0.6 is 0 Å². The Hall–Kier alpha value is -2.13. The van der Waals surface area contributed by atoms with Crippen LogP contribution in [-0.2, 0) is 17.9 Å². The average molecular weight is 351 g/mol. The highest BCUT2D eigenvalue weighted by Gasteiger charge is 2.25. The minimum absolute atomic E-state index is 0.186. The minimum atomic E-state index is 0.186. The van der Waals surface area contributed by atoms with E-state index in [-0.39, 0.29) is 11.8 Å². The lowest BCUT2D eigenvalue weighted by Gasteiger charge is -2.28. The van der Waals surface area contributed by atoms with E-state index in [2.05, 4.69) is 72.2 Å². The number of rotatable bonds is 7. The normalized spacial score (nSPS) is 19.9. The number of aryl methyl sites for hydroxylation is 1. The monoisotopic (exact) mass is 350 g/mol. The Labute approximate surface area is 157 Å². The molecule has 26 heavy (non-hydrogen) atoms. The second kappa shape index (κ2) is 9.54. The molecule has 1 saturated carbocycles. The van der Waals surface area contributed by atoms with Crippen molar-refractivity contribution in [1.82, 2.24) is 10.6 Å². The number of carbonyl (C=O) groups is 1. The fraction of sp³-hybridized carbons (Fsp3) is 0.435. The lowest BCUT2D eigenvalue weighted by atomic mass is 9.81. The van der Waals surface area contributed by atoms with Gasteiger partial charge in [-0.15, -0.1) is 0 Å². The highest BCUT2D eigenvalue weighted by atomic mass is 16.1. The van der Waals surface area contributed by atoms with Crippen LogP contribution in [0.3, 0.4) is 0 Å². The molecule has 0 aliphatic heterocycles. The molecule has 0 atom stereocenters. The summed E-state index contributed by atoms with van der Waals surface area (Å²) in [6.07, 6.45) is 4.31. The van der Waals surface area contributed by atoms with Gasteiger partial charge in [0.25, 0.3) is 0 Å². The number of hydrogen-bond acceptors (Lipinski definition) is 2. The fourth-order valence-electron chi connectivity index (χ4n) is 3.68. The molecule has 1 aliphatic carbocycles. The molecule has 2 N–H and O–H groups in total. The Balaban J connectivity index is 1.33. The van der Waals surface area contributed by atoms with Gasteiger partial charge in [0.05, 0.1) is 0 Å². The van der Waals surface area contributed by atoms with Crippen LogP contribution in [0.15, 0.2) is 54.6 Å². The lowest BCUT2D eigenvalue weighted by Crippen LogP contribution is -2.34. The van der Waals surface area contributed by atoms with E-state index >= 15 is 0 Å². The van der Waals surface area contributed by atoms with Gasteiger partial charge in [0.2, 0.25) is 5.91 Å². The van der Waals surface area contributed by atoms with E-state index in [1.807, 2.05) is 0 Å². The van der Waals surface area contributed by atoms with Crippen molar-refractivity contribution in [1.29, 1.82) is 0 Å². The second-order valence-electron chi connectivity index (χ2n) is 7.54. The van der Waals surface area contributed by atoms with Crippen molar-refractivity contribution in [2.75, 3.05) is 6.54 Å². The van der Waals surface area contributed by atoms with Crippen molar-refractivity contribution >= 4 is 5.91 Å². The predicted octanol–water partition coefficient (Wildman–Crippen LogP) is 4.21. The van der Waals surface area contributed by atoms with Crippen LogP contribution in [0, 0.1) is 18.8 Å². The Morgan fingerprint density at radius 2 is 1.54 bits per heavy atom. The smallest absolute Gasteiger partial charge is 0.223 e. The molecule has 1 amide bonds. The Kier molecular flexibility index (Phi) is 6.84. The van der Waals surface area contributed by atoms with Crippen molar-refractivity contribution in [2.45, 2.75) is 45.7 Å². The Morgan fingerprint density at radius 1 is 0.885 bits per heavy atom. The molecule has 2 aromatic carbocycles. The minimum Gasteiger partial charge on any atom is -0.352 e. The molecule has 0 heterocycles. The molecule has 0 bridgehead atoms. The summed E-state index contributed by atoms with van der Waals surface area (Å²) in [4.78, 5) is 12.4. The van der Waals surface area contributed by atoms with E-state index in [9.17, 15) is 4.79 Å². The summed E-state index contributed by atoms with van der Waals surface area (Å²) in [6.45, 7) is 4.69. The first-order valence-corrected chi connectivity index (χ1v) is 9.78. The van der Waals surface area contributed by atoms with Crippen LogP contribution < -0.4 is 10.6 Å². The first-order chi connectivity index (χ1) is 12.7. The van der Waals surface area contributed by atoms with Gasteiger partial charge >= 0.3 is 0 Å². The highest BCUT2D eigenvalue weighted by Crippen LogP contribution is 2.28. The van der Waals surface area contributed by atoms with Gasteiger partial charge in [-0.2, -0.15) is 0 Å². The van der Waals surface area contributed by atoms with Crippen LogP contribution in [0.4, 0.5) is 0 Å². The first kappa shape index (κ1) is 18.7. The quantitative estimate of drug-likeness (QED) is 0.785. The van der Waals surface area contributed by atoms with Gasteiger partial charge in [0.1, 0.15) is 0 Å². The van der Waals surface area contributed by atoms with Crippen molar-refractivity contribution < 1.29 is 4.79 Å². The third-order valence-corrected chi connectivity index (χ3v) is 5.41. The summed E-state index contributed by atoms with van der Waals surface area (Å²) < 4.78 is 0. The number of amides is 1. The van der Waals surface area contributed by atoms with Crippen molar-refractivity contribution in [2.24, 2.45) is 11.8 Å². The summed E-state index contributed by atoms with van der Waals surface area (Å²) in [5, 5.41) is 6.68. The fourth-order valence-corrected chi connectivity index (χ4v) is 3.68. The molecule has 138 valence electrons. The summed E-state index contributed by atoms with van der Waals surface area (Å²) >= 11 is 0. The molecular formula is C23H30N2O. The van der Waals surface area contributed by atoms with Gasteiger partial charge in [-0.25, -0.2) is 0 Å². The van der Waals surface area contributed by atoms with Gasteiger partial charge in [-0.05, 0) is 56.2 Å². The Morgan fingerprint density at radius 3 is 2.23 bits per heavy atom. The number of benzene rings is 2. The second-order valence-corrected chi connectivity index (χ2v) is 7.54. The summed E-state index contributed by atoms with van der Waals surface area (Å²) in [5.41, 5.74) is 3.75. The molecule has 2 aromatic rings. The van der Waals surface area contributed by atoms with Gasteiger partial charge in [0, 0.05) is 19.0 Å². The molecule has 1 aliphatic rings.